The third-order valence-corrected chi connectivity index (χ3v) is 8.19. The van der Waals surface area contributed by atoms with E-state index in [1.165, 1.54) is 22.5 Å². The van der Waals surface area contributed by atoms with E-state index >= 15 is 0 Å². The summed E-state index contributed by atoms with van der Waals surface area (Å²) < 4.78 is 27.5. The Morgan fingerprint density at radius 1 is 1.06 bits per heavy atom. The van der Waals surface area contributed by atoms with Crippen molar-refractivity contribution in [2.75, 3.05) is 33.7 Å². The minimum Gasteiger partial charge on any atom is -0.350 e. The number of likely N-dealkylation sites (N-methyl/N-ethyl adjacent to an activating group) is 1. The summed E-state index contributed by atoms with van der Waals surface area (Å²) in [5.41, 5.74) is 1.15. The highest BCUT2D eigenvalue weighted by atomic mass is 35.5. The quantitative estimate of drug-likeness (QED) is 0.640. The van der Waals surface area contributed by atoms with Gasteiger partial charge in [-0.25, -0.2) is 8.42 Å². The predicted octanol–water partition coefficient (Wildman–Crippen LogP) is 4.20. The zero-order valence-electron chi connectivity index (χ0n) is 17.6. The summed E-state index contributed by atoms with van der Waals surface area (Å²) in [5.74, 6) is -0.370. The molecule has 31 heavy (non-hydrogen) atoms. The monoisotopic (exact) mass is 483 g/mol. The van der Waals surface area contributed by atoms with E-state index in [0.29, 0.717) is 24.7 Å². The first-order valence-corrected chi connectivity index (χ1v) is 12.4. The van der Waals surface area contributed by atoms with E-state index in [1.807, 2.05) is 43.3 Å². The molecule has 1 atom stereocenters. The van der Waals surface area contributed by atoms with E-state index in [-0.39, 0.29) is 27.4 Å². The summed E-state index contributed by atoms with van der Waals surface area (Å²) >= 11 is 12.5. The van der Waals surface area contributed by atoms with Gasteiger partial charge in [-0.3, -0.25) is 4.79 Å². The fourth-order valence-electron chi connectivity index (χ4n) is 3.69. The SMILES string of the molecule is CN(C)C(CNC(=O)c1ccc(Cl)c(S(=O)(=O)N2CCCCC2)c1)c1ccccc1Cl. The third-order valence-electron chi connectivity index (χ3n) is 5.47. The number of amides is 1. The van der Waals surface area contributed by atoms with Crippen LogP contribution in [0.5, 0.6) is 0 Å². The van der Waals surface area contributed by atoms with Crippen LogP contribution < -0.4 is 5.32 Å². The number of benzene rings is 2. The number of nitrogens with one attached hydrogen (secondary N) is 1. The maximum atomic E-state index is 13.0. The number of rotatable bonds is 7. The van der Waals surface area contributed by atoms with Gasteiger partial charge >= 0.3 is 0 Å². The van der Waals surface area contributed by atoms with Gasteiger partial charge in [-0.1, -0.05) is 47.8 Å². The van der Waals surface area contributed by atoms with Crippen molar-refractivity contribution in [1.29, 1.82) is 0 Å². The molecule has 2 aromatic rings. The summed E-state index contributed by atoms with van der Waals surface area (Å²) in [5, 5.41) is 3.63. The third kappa shape index (κ3) is 5.59. The van der Waals surface area contributed by atoms with Crippen molar-refractivity contribution in [3.8, 4) is 0 Å². The predicted molar refractivity (Wildman–Crippen MR) is 124 cm³/mol. The number of nitrogens with zero attached hydrogens (tertiary/aromatic N) is 2. The molecule has 1 amide bonds. The standard InChI is InChI=1S/C22H27Cl2N3O3S/c1-26(2)20(17-8-4-5-9-18(17)23)15-25-22(28)16-10-11-19(24)21(14-16)31(29,30)27-12-6-3-7-13-27/h4-5,8-11,14,20H,3,6-7,12-13,15H2,1-2H3,(H,25,28). The van der Waals surface area contributed by atoms with Crippen molar-refractivity contribution in [2.45, 2.75) is 30.2 Å². The van der Waals surface area contributed by atoms with Crippen LogP contribution in [-0.2, 0) is 10.0 Å². The molecule has 0 bridgehead atoms. The van der Waals surface area contributed by atoms with Gasteiger partial charge in [-0.15, -0.1) is 0 Å². The maximum absolute atomic E-state index is 13.0. The van der Waals surface area contributed by atoms with Gasteiger partial charge in [-0.05, 0) is 56.8 Å². The first kappa shape index (κ1) is 24.0. The zero-order valence-corrected chi connectivity index (χ0v) is 20.0. The molecule has 0 spiro atoms. The fraction of sp³-hybridized carbons (Fsp3) is 0.409. The van der Waals surface area contributed by atoms with Gasteiger partial charge in [0.1, 0.15) is 4.90 Å². The molecule has 3 rings (SSSR count). The van der Waals surface area contributed by atoms with Crippen LogP contribution in [0.15, 0.2) is 47.4 Å². The lowest BCUT2D eigenvalue weighted by atomic mass is 10.1. The molecule has 1 heterocycles. The van der Waals surface area contributed by atoms with Gasteiger partial charge < -0.3 is 10.2 Å². The topological polar surface area (TPSA) is 69.7 Å². The summed E-state index contributed by atoms with van der Waals surface area (Å²) in [7, 11) is 0.0706. The Hall–Kier alpha value is -1.64. The lowest BCUT2D eigenvalue weighted by Gasteiger charge is -2.27. The van der Waals surface area contributed by atoms with Gasteiger partial charge in [0.2, 0.25) is 10.0 Å². The Morgan fingerprint density at radius 2 is 1.74 bits per heavy atom. The first-order chi connectivity index (χ1) is 14.7. The fourth-order valence-corrected chi connectivity index (χ4v) is 5.97. The average molecular weight is 484 g/mol. The molecule has 1 aliphatic heterocycles. The number of carbonyl (C=O) groups is 1. The lowest BCUT2D eigenvalue weighted by molar-refractivity contribution is 0.0941. The van der Waals surface area contributed by atoms with E-state index in [1.54, 1.807) is 0 Å². The van der Waals surface area contributed by atoms with E-state index in [2.05, 4.69) is 5.32 Å². The number of piperidine rings is 1. The van der Waals surface area contributed by atoms with Crippen LogP contribution in [0.1, 0.15) is 41.2 Å². The Morgan fingerprint density at radius 3 is 2.39 bits per heavy atom. The minimum atomic E-state index is -3.75. The molecular formula is C22H27Cl2N3O3S. The molecule has 2 aromatic carbocycles. The van der Waals surface area contributed by atoms with Crippen LogP contribution in [0.2, 0.25) is 10.0 Å². The van der Waals surface area contributed by atoms with Gasteiger partial charge in [-0.2, -0.15) is 4.31 Å². The number of carbonyl (C=O) groups excluding carboxylic acids is 1. The molecule has 0 aromatic heterocycles. The molecule has 9 heteroatoms. The molecule has 0 saturated carbocycles. The smallest absolute Gasteiger partial charge is 0.251 e. The van der Waals surface area contributed by atoms with Gasteiger partial charge in [0.15, 0.2) is 0 Å². The van der Waals surface area contributed by atoms with Crippen LogP contribution in [0.4, 0.5) is 0 Å². The largest absolute Gasteiger partial charge is 0.350 e. The Balaban J connectivity index is 1.79. The second-order valence-corrected chi connectivity index (χ2v) is 10.5. The molecule has 1 N–H and O–H groups in total. The Kier molecular flexibility index (Phi) is 7.99. The van der Waals surface area contributed by atoms with Crippen molar-refractivity contribution in [3.05, 3.63) is 63.6 Å². The molecule has 1 aliphatic rings. The molecule has 0 aliphatic carbocycles. The zero-order chi connectivity index (χ0) is 22.6. The normalized spacial score (nSPS) is 16.3. The highest BCUT2D eigenvalue weighted by Gasteiger charge is 2.29. The molecule has 0 radical (unpaired) electrons. The van der Waals surface area contributed by atoms with E-state index in [4.69, 9.17) is 23.2 Å². The van der Waals surface area contributed by atoms with Crippen LogP contribution >= 0.6 is 23.2 Å². The van der Waals surface area contributed by atoms with Crippen LogP contribution in [0, 0.1) is 0 Å². The Bertz CT molecular complexity index is 1040. The summed E-state index contributed by atoms with van der Waals surface area (Å²) in [6, 6.07) is 11.7. The van der Waals surface area contributed by atoms with Crippen molar-refractivity contribution in [1.82, 2.24) is 14.5 Å². The summed E-state index contributed by atoms with van der Waals surface area (Å²) in [6.07, 6.45) is 2.66. The first-order valence-electron chi connectivity index (χ1n) is 10.2. The van der Waals surface area contributed by atoms with E-state index < -0.39 is 10.0 Å². The number of halogens is 2. The number of hydrogen-bond donors (Lipinski definition) is 1. The molecule has 6 nitrogen and oxygen atoms in total. The van der Waals surface area contributed by atoms with E-state index in [0.717, 1.165) is 24.8 Å². The second-order valence-electron chi connectivity index (χ2n) is 7.82. The lowest BCUT2D eigenvalue weighted by Crippen LogP contribution is -2.36. The molecular weight excluding hydrogens is 457 g/mol. The maximum Gasteiger partial charge on any atom is 0.251 e. The molecule has 1 fully saturated rings. The highest BCUT2D eigenvalue weighted by molar-refractivity contribution is 7.89. The van der Waals surface area contributed by atoms with E-state index in [9.17, 15) is 13.2 Å². The Labute approximate surface area is 194 Å². The van der Waals surface area contributed by atoms with Gasteiger partial charge in [0.25, 0.3) is 5.91 Å². The summed E-state index contributed by atoms with van der Waals surface area (Å²) in [4.78, 5) is 14.8. The van der Waals surface area contributed by atoms with Crippen LogP contribution in [-0.4, -0.2) is 57.3 Å². The van der Waals surface area contributed by atoms with Crippen LogP contribution in [0.25, 0.3) is 0 Å². The highest BCUT2D eigenvalue weighted by Crippen LogP contribution is 2.28. The molecule has 1 unspecified atom stereocenters. The van der Waals surface area contributed by atoms with Gasteiger partial charge in [0, 0.05) is 30.2 Å². The number of hydrogen-bond acceptors (Lipinski definition) is 4. The second kappa shape index (κ2) is 10.3. The van der Waals surface area contributed by atoms with Crippen molar-refractivity contribution < 1.29 is 13.2 Å². The minimum absolute atomic E-state index is 0.0287. The van der Waals surface area contributed by atoms with Crippen molar-refractivity contribution in [2.24, 2.45) is 0 Å². The number of sulfonamides is 1. The van der Waals surface area contributed by atoms with Gasteiger partial charge in [0.05, 0.1) is 11.1 Å². The van der Waals surface area contributed by atoms with Crippen molar-refractivity contribution in [3.63, 3.8) is 0 Å². The van der Waals surface area contributed by atoms with Crippen LogP contribution in [0.3, 0.4) is 0 Å². The molecule has 1 saturated heterocycles. The molecule has 168 valence electrons. The average Bonchev–Trinajstić information content (AvgIpc) is 2.75. The summed E-state index contributed by atoms with van der Waals surface area (Å²) in [6.45, 7) is 1.25. The van der Waals surface area contributed by atoms with Crippen molar-refractivity contribution >= 4 is 39.1 Å².